The van der Waals surface area contributed by atoms with E-state index in [-0.39, 0.29) is 12.1 Å². The molecule has 0 bridgehead atoms. The third-order valence-corrected chi connectivity index (χ3v) is 6.86. The summed E-state index contributed by atoms with van der Waals surface area (Å²) in [6.07, 6.45) is 6.21. The van der Waals surface area contributed by atoms with Crippen LogP contribution in [0.25, 0.3) is 0 Å². The number of pyridine rings is 1. The minimum atomic E-state index is -3.37. The lowest BCUT2D eigenvalue weighted by Crippen LogP contribution is -2.29. The smallest absolute Gasteiger partial charge is 0.229 e. The summed E-state index contributed by atoms with van der Waals surface area (Å²) in [6.45, 7) is 4.08. The second-order valence-electron chi connectivity index (χ2n) is 8.40. The minimum Gasteiger partial charge on any atom is -0.351 e. The summed E-state index contributed by atoms with van der Waals surface area (Å²) in [5.41, 5.74) is 5.28. The topological polar surface area (TPSA) is 110 Å². The zero-order valence-corrected chi connectivity index (χ0v) is 21.0. The van der Waals surface area contributed by atoms with Crippen LogP contribution in [-0.2, 0) is 10.0 Å². The molecule has 1 aromatic carbocycles. The third kappa shape index (κ3) is 4.37. The summed E-state index contributed by atoms with van der Waals surface area (Å²) in [7, 11) is -3.37. The molecule has 1 saturated heterocycles. The molecule has 0 saturated carbocycles. The first-order valence-corrected chi connectivity index (χ1v) is 13.2. The van der Waals surface area contributed by atoms with Gasteiger partial charge in [0.2, 0.25) is 10.0 Å². The van der Waals surface area contributed by atoms with Crippen molar-refractivity contribution in [3.05, 3.63) is 90.0 Å². The average Bonchev–Trinajstić information content (AvgIpc) is 3.52. The lowest BCUT2D eigenvalue weighted by Gasteiger charge is -2.28. The van der Waals surface area contributed by atoms with Gasteiger partial charge in [-0.25, -0.2) is 13.1 Å². The molecule has 4 heterocycles. The fourth-order valence-corrected chi connectivity index (χ4v) is 5.49. The Bertz CT molecular complexity index is 1470. The third-order valence-electron chi connectivity index (χ3n) is 5.94. The van der Waals surface area contributed by atoms with E-state index in [9.17, 15) is 8.42 Å². The zero-order valence-electron chi connectivity index (χ0n) is 19.3. The van der Waals surface area contributed by atoms with Gasteiger partial charge in [-0.15, -0.1) is 10.2 Å². The molecule has 0 aliphatic carbocycles. The van der Waals surface area contributed by atoms with Crippen LogP contribution in [0.3, 0.4) is 0 Å². The number of aromatic nitrogens is 5. The maximum atomic E-state index is 11.6. The number of nitrogens with zero attached hydrogens (tertiary/aromatic N) is 6. The molecule has 0 spiro atoms. The molecular formula is C23H24N8O2S2. The monoisotopic (exact) mass is 508 g/mol. The molecule has 10 nitrogen and oxygen atoms in total. The Morgan fingerprint density at radius 2 is 1.77 bits per heavy atom. The molecule has 180 valence electrons. The van der Waals surface area contributed by atoms with E-state index in [0.29, 0.717) is 10.8 Å². The number of benzene rings is 1. The Balaban J connectivity index is 1.62. The molecule has 1 fully saturated rings. The maximum absolute atomic E-state index is 11.6. The number of rotatable bonds is 6. The summed E-state index contributed by atoms with van der Waals surface area (Å²) in [6, 6.07) is 14.7. The molecule has 0 unspecified atom stereocenters. The molecule has 4 aromatic rings. The van der Waals surface area contributed by atoms with Gasteiger partial charge >= 0.3 is 0 Å². The van der Waals surface area contributed by atoms with Gasteiger partial charge in [0.1, 0.15) is 12.7 Å². The SMILES string of the molecule is Cc1cc([C@@H]2[C@@H](c3ccccn3)NC(=S)N2c2ccc(NS(C)(=O)=O)cc2)c(C)n1-n1cnnc1. The highest BCUT2D eigenvalue weighted by Gasteiger charge is 2.42. The first kappa shape index (κ1) is 23.0. The Morgan fingerprint density at radius 1 is 1.06 bits per heavy atom. The Morgan fingerprint density at radius 3 is 2.40 bits per heavy atom. The standard InChI is InChI=1S/C23H24N8O2S2/c1-15-12-19(16(2)31(15)29-13-25-26-14-29)22-21(20-6-4-5-11-24-20)27-23(34)30(22)18-9-7-17(8-10-18)28-35(3,32)33/h4-14,21-22,28H,1-3H3,(H,27,34)/t21-,22-/m1/s1. The van der Waals surface area contributed by atoms with Crippen LogP contribution in [0.15, 0.2) is 67.4 Å². The summed E-state index contributed by atoms with van der Waals surface area (Å²) in [5, 5.41) is 11.9. The van der Waals surface area contributed by atoms with Gasteiger partial charge in [-0.3, -0.25) is 14.4 Å². The number of thiocarbonyl (C=S) groups is 1. The summed E-state index contributed by atoms with van der Waals surface area (Å²) in [4.78, 5) is 6.66. The molecule has 0 radical (unpaired) electrons. The fraction of sp³-hybridized carbons (Fsp3) is 0.217. The Kier molecular flexibility index (Phi) is 5.77. The van der Waals surface area contributed by atoms with E-state index >= 15 is 0 Å². The van der Waals surface area contributed by atoms with Crippen LogP contribution < -0.4 is 14.9 Å². The van der Waals surface area contributed by atoms with Gasteiger partial charge in [0.25, 0.3) is 0 Å². The predicted octanol–water partition coefficient (Wildman–Crippen LogP) is 2.95. The number of hydrogen-bond acceptors (Lipinski definition) is 6. The van der Waals surface area contributed by atoms with Crippen molar-refractivity contribution in [3.63, 3.8) is 0 Å². The van der Waals surface area contributed by atoms with E-state index in [4.69, 9.17) is 12.2 Å². The van der Waals surface area contributed by atoms with Crippen molar-refractivity contribution in [2.45, 2.75) is 25.9 Å². The highest BCUT2D eigenvalue weighted by Crippen LogP contribution is 2.43. The van der Waals surface area contributed by atoms with Gasteiger partial charge in [0, 0.05) is 34.5 Å². The quantitative estimate of drug-likeness (QED) is 0.383. The molecular weight excluding hydrogens is 484 g/mol. The molecule has 3 aromatic heterocycles. The number of aryl methyl sites for hydroxylation is 1. The molecule has 0 amide bonds. The van der Waals surface area contributed by atoms with E-state index in [1.807, 2.05) is 46.6 Å². The second-order valence-corrected chi connectivity index (χ2v) is 10.5. The van der Waals surface area contributed by atoms with Gasteiger partial charge in [-0.05, 0) is 68.5 Å². The fourth-order valence-electron chi connectivity index (χ4n) is 4.58. The first-order chi connectivity index (χ1) is 16.7. The predicted molar refractivity (Wildman–Crippen MR) is 138 cm³/mol. The van der Waals surface area contributed by atoms with Gasteiger partial charge < -0.3 is 10.2 Å². The highest BCUT2D eigenvalue weighted by molar-refractivity contribution is 7.92. The molecule has 1 aliphatic rings. The molecule has 12 heteroatoms. The van der Waals surface area contributed by atoms with E-state index < -0.39 is 10.0 Å². The van der Waals surface area contributed by atoms with E-state index in [1.165, 1.54) is 0 Å². The highest BCUT2D eigenvalue weighted by atomic mass is 32.2. The van der Waals surface area contributed by atoms with Gasteiger partial charge in [0.15, 0.2) is 5.11 Å². The normalized spacial score (nSPS) is 18.0. The number of sulfonamides is 1. The van der Waals surface area contributed by atoms with Crippen LogP contribution in [-0.4, -0.2) is 44.3 Å². The van der Waals surface area contributed by atoms with Gasteiger partial charge in [-0.2, -0.15) is 0 Å². The van der Waals surface area contributed by atoms with Crippen LogP contribution in [0.1, 0.15) is 34.7 Å². The number of anilines is 2. The molecule has 2 atom stereocenters. The van der Waals surface area contributed by atoms with Crippen molar-refractivity contribution in [3.8, 4) is 0 Å². The van der Waals surface area contributed by atoms with Crippen LogP contribution in [0.4, 0.5) is 11.4 Å². The van der Waals surface area contributed by atoms with Crippen molar-refractivity contribution in [2.24, 2.45) is 0 Å². The van der Waals surface area contributed by atoms with E-state index in [0.717, 1.165) is 34.6 Å². The Labute approximate surface area is 208 Å². The van der Waals surface area contributed by atoms with Crippen molar-refractivity contribution in [1.82, 2.24) is 29.9 Å². The summed E-state index contributed by atoms with van der Waals surface area (Å²) < 4.78 is 29.6. The summed E-state index contributed by atoms with van der Waals surface area (Å²) in [5.74, 6) is 0. The lowest BCUT2D eigenvalue weighted by atomic mass is 9.96. The van der Waals surface area contributed by atoms with Crippen molar-refractivity contribution >= 4 is 38.7 Å². The lowest BCUT2D eigenvalue weighted by molar-refractivity contribution is 0.557. The minimum absolute atomic E-state index is 0.201. The molecule has 35 heavy (non-hydrogen) atoms. The van der Waals surface area contributed by atoms with Crippen LogP contribution in [0.2, 0.25) is 0 Å². The van der Waals surface area contributed by atoms with E-state index in [2.05, 4.69) is 43.1 Å². The van der Waals surface area contributed by atoms with Crippen LogP contribution in [0.5, 0.6) is 0 Å². The maximum Gasteiger partial charge on any atom is 0.229 e. The van der Waals surface area contributed by atoms with Gasteiger partial charge in [0.05, 0.1) is 24.0 Å². The zero-order chi connectivity index (χ0) is 24.7. The van der Waals surface area contributed by atoms with Crippen molar-refractivity contribution < 1.29 is 8.42 Å². The Hall–Kier alpha value is -3.77. The molecule has 5 rings (SSSR count). The number of hydrogen-bond donors (Lipinski definition) is 2. The van der Waals surface area contributed by atoms with E-state index in [1.54, 1.807) is 31.0 Å². The van der Waals surface area contributed by atoms with Gasteiger partial charge in [-0.1, -0.05) is 6.07 Å². The molecule has 2 N–H and O–H groups in total. The second kappa shape index (κ2) is 8.78. The first-order valence-electron chi connectivity index (χ1n) is 10.9. The van der Waals surface area contributed by atoms with Crippen molar-refractivity contribution in [1.29, 1.82) is 0 Å². The van der Waals surface area contributed by atoms with Crippen LogP contribution in [0, 0.1) is 13.8 Å². The number of nitrogens with one attached hydrogen (secondary N) is 2. The van der Waals surface area contributed by atoms with Crippen LogP contribution >= 0.6 is 12.2 Å². The largest absolute Gasteiger partial charge is 0.351 e. The van der Waals surface area contributed by atoms with Crippen molar-refractivity contribution in [2.75, 3.05) is 15.9 Å². The molecule has 1 aliphatic heterocycles. The summed E-state index contributed by atoms with van der Waals surface area (Å²) >= 11 is 5.80. The average molecular weight is 509 g/mol.